The summed E-state index contributed by atoms with van der Waals surface area (Å²) in [4.78, 5) is 10.9. The average Bonchev–Trinajstić information content (AvgIpc) is 2.03. The maximum absolute atomic E-state index is 10.9. The van der Waals surface area contributed by atoms with Crippen molar-refractivity contribution in [2.75, 3.05) is 12.4 Å². The lowest BCUT2D eigenvalue weighted by Gasteiger charge is -2.07. The van der Waals surface area contributed by atoms with E-state index < -0.39 is 6.04 Å². The van der Waals surface area contributed by atoms with E-state index in [1.54, 1.807) is 0 Å². The summed E-state index contributed by atoms with van der Waals surface area (Å²) in [6, 6.07) is -0.574. The van der Waals surface area contributed by atoms with Gasteiger partial charge < -0.3 is 10.5 Å². The van der Waals surface area contributed by atoms with Gasteiger partial charge in [-0.2, -0.15) is 12.6 Å². The zero-order valence-electron chi connectivity index (χ0n) is 6.75. The molecular weight excluding hydrogens is 162 g/mol. The van der Waals surface area contributed by atoms with Gasteiger partial charge in [-0.15, -0.1) is 0 Å². The fraction of sp³-hybridized carbons (Fsp3) is 0.857. The molecule has 0 heterocycles. The Kier molecular flexibility index (Phi) is 6.36. The minimum Gasteiger partial charge on any atom is -0.465 e. The summed E-state index contributed by atoms with van der Waals surface area (Å²) < 4.78 is 4.82. The number of nitrogens with two attached hydrogens (primary N) is 1. The third-order valence-corrected chi connectivity index (χ3v) is 1.64. The van der Waals surface area contributed by atoms with Gasteiger partial charge in [0.05, 0.1) is 6.61 Å². The molecule has 1 unspecified atom stereocenters. The van der Waals surface area contributed by atoms with Crippen LogP contribution in [-0.4, -0.2) is 24.4 Å². The van der Waals surface area contributed by atoms with E-state index in [0.717, 1.165) is 12.8 Å². The largest absolute Gasteiger partial charge is 0.465 e. The van der Waals surface area contributed by atoms with Crippen LogP contribution in [0.15, 0.2) is 0 Å². The smallest absolute Gasteiger partial charge is 0.323 e. The van der Waals surface area contributed by atoms with Crippen molar-refractivity contribution in [3.63, 3.8) is 0 Å². The number of ether oxygens (including phenoxy) is 1. The van der Waals surface area contributed by atoms with Crippen molar-refractivity contribution in [1.82, 2.24) is 0 Å². The number of hydrogen-bond acceptors (Lipinski definition) is 4. The van der Waals surface area contributed by atoms with Crippen molar-refractivity contribution >= 4 is 18.6 Å². The molecule has 0 spiro atoms. The van der Waals surface area contributed by atoms with Crippen molar-refractivity contribution in [2.45, 2.75) is 25.8 Å². The molecule has 0 saturated carbocycles. The predicted octanol–water partition coefficient (Wildman–Crippen LogP) is 0.587. The number of rotatable bonds is 5. The van der Waals surface area contributed by atoms with Gasteiger partial charge in [0, 0.05) is 5.75 Å². The molecule has 2 N–H and O–H groups in total. The van der Waals surface area contributed by atoms with Crippen LogP contribution in [0.5, 0.6) is 0 Å². The predicted molar refractivity (Wildman–Crippen MR) is 47.7 cm³/mol. The third-order valence-electron chi connectivity index (χ3n) is 1.24. The Labute approximate surface area is 72.7 Å². The van der Waals surface area contributed by atoms with E-state index in [1.165, 1.54) is 0 Å². The summed E-state index contributed by atoms with van der Waals surface area (Å²) in [5.41, 5.74) is 5.35. The SMILES string of the molecule is CCCCOC(=O)C(N)CS. The summed E-state index contributed by atoms with van der Waals surface area (Å²) in [7, 11) is 0. The van der Waals surface area contributed by atoms with Crippen LogP contribution in [0.2, 0.25) is 0 Å². The molecule has 0 aliphatic carbocycles. The number of carbonyl (C=O) groups excluding carboxylic acids is 1. The highest BCUT2D eigenvalue weighted by molar-refractivity contribution is 7.80. The third kappa shape index (κ3) is 5.09. The van der Waals surface area contributed by atoms with E-state index in [9.17, 15) is 4.79 Å². The van der Waals surface area contributed by atoms with Crippen LogP contribution in [0.25, 0.3) is 0 Å². The Morgan fingerprint density at radius 3 is 2.82 bits per heavy atom. The molecule has 0 saturated heterocycles. The highest BCUT2D eigenvalue weighted by Gasteiger charge is 2.11. The molecule has 0 bridgehead atoms. The zero-order chi connectivity index (χ0) is 8.69. The van der Waals surface area contributed by atoms with E-state index in [4.69, 9.17) is 10.5 Å². The van der Waals surface area contributed by atoms with Crippen LogP contribution in [-0.2, 0) is 9.53 Å². The van der Waals surface area contributed by atoms with Crippen LogP contribution in [0.3, 0.4) is 0 Å². The van der Waals surface area contributed by atoms with Gasteiger partial charge in [-0.25, -0.2) is 0 Å². The van der Waals surface area contributed by atoms with Crippen LogP contribution in [0.4, 0.5) is 0 Å². The lowest BCUT2D eigenvalue weighted by molar-refractivity contribution is -0.144. The molecule has 3 nitrogen and oxygen atoms in total. The number of unbranched alkanes of at least 4 members (excludes halogenated alkanes) is 1. The molecule has 0 fully saturated rings. The van der Waals surface area contributed by atoms with E-state index in [-0.39, 0.29) is 5.97 Å². The number of hydrogen-bond donors (Lipinski definition) is 2. The van der Waals surface area contributed by atoms with Gasteiger partial charge in [-0.1, -0.05) is 13.3 Å². The summed E-state index contributed by atoms with van der Waals surface area (Å²) in [6.07, 6.45) is 1.91. The van der Waals surface area contributed by atoms with Gasteiger partial charge in [0.2, 0.25) is 0 Å². The first-order valence-electron chi connectivity index (χ1n) is 3.75. The lowest BCUT2D eigenvalue weighted by atomic mass is 10.3. The van der Waals surface area contributed by atoms with Crippen molar-refractivity contribution in [2.24, 2.45) is 5.73 Å². The first kappa shape index (κ1) is 10.8. The standard InChI is InChI=1S/C7H15NO2S/c1-2-3-4-10-7(9)6(8)5-11/h6,11H,2-5,8H2,1H3. The van der Waals surface area contributed by atoms with Crippen molar-refractivity contribution < 1.29 is 9.53 Å². The second-order valence-electron chi connectivity index (χ2n) is 2.31. The van der Waals surface area contributed by atoms with Crippen molar-refractivity contribution in [3.8, 4) is 0 Å². The Morgan fingerprint density at radius 2 is 2.36 bits per heavy atom. The first-order chi connectivity index (χ1) is 5.22. The van der Waals surface area contributed by atoms with E-state index in [1.807, 2.05) is 6.92 Å². The van der Waals surface area contributed by atoms with Gasteiger partial charge in [0.15, 0.2) is 0 Å². The minimum absolute atomic E-state index is 0.338. The maximum atomic E-state index is 10.9. The van der Waals surface area contributed by atoms with Gasteiger partial charge >= 0.3 is 5.97 Å². The first-order valence-corrected chi connectivity index (χ1v) is 4.38. The van der Waals surface area contributed by atoms with E-state index >= 15 is 0 Å². The highest BCUT2D eigenvalue weighted by Crippen LogP contribution is 1.92. The zero-order valence-corrected chi connectivity index (χ0v) is 7.64. The number of carbonyl (C=O) groups is 1. The summed E-state index contributed by atoms with van der Waals surface area (Å²) >= 11 is 3.87. The number of thiol groups is 1. The Morgan fingerprint density at radius 1 is 1.73 bits per heavy atom. The van der Waals surface area contributed by atoms with Crippen LogP contribution < -0.4 is 5.73 Å². The molecule has 0 aliphatic rings. The molecule has 66 valence electrons. The second kappa shape index (κ2) is 6.49. The summed E-state index contributed by atoms with van der Waals surface area (Å²) in [5, 5.41) is 0. The topological polar surface area (TPSA) is 52.3 Å². The summed E-state index contributed by atoms with van der Waals surface area (Å²) in [6.45, 7) is 2.50. The molecule has 0 amide bonds. The Bertz CT molecular complexity index is 119. The molecule has 0 radical (unpaired) electrons. The monoisotopic (exact) mass is 177 g/mol. The fourth-order valence-corrected chi connectivity index (χ4v) is 0.648. The molecule has 1 atom stereocenters. The van der Waals surface area contributed by atoms with Crippen molar-refractivity contribution in [3.05, 3.63) is 0 Å². The molecular formula is C7H15NO2S. The average molecular weight is 177 g/mol. The van der Waals surface area contributed by atoms with Gasteiger partial charge in [-0.05, 0) is 6.42 Å². The highest BCUT2D eigenvalue weighted by atomic mass is 32.1. The number of esters is 1. The van der Waals surface area contributed by atoms with E-state index in [2.05, 4.69) is 12.6 Å². The minimum atomic E-state index is -0.574. The molecule has 0 aliphatic heterocycles. The quantitative estimate of drug-likeness (QED) is 0.367. The second-order valence-corrected chi connectivity index (χ2v) is 2.68. The fourth-order valence-electron chi connectivity index (χ4n) is 0.499. The lowest BCUT2D eigenvalue weighted by Crippen LogP contribution is -2.34. The Hall–Kier alpha value is -0.220. The van der Waals surface area contributed by atoms with Crippen LogP contribution >= 0.6 is 12.6 Å². The van der Waals surface area contributed by atoms with Gasteiger partial charge in [-0.3, -0.25) is 4.79 Å². The van der Waals surface area contributed by atoms with E-state index in [0.29, 0.717) is 12.4 Å². The summed E-state index contributed by atoms with van der Waals surface area (Å²) in [5.74, 6) is -0.0150. The molecule has 0 aromatic heterocycles. The Balaban J connectivity index is 3.36. The molecule has 0 rings (SSSR count). The maximum Gasteiger partial charge on any atom is 0.323 e. The normalized spacial score (nSPS) is 12.6. The van der Waals surface area contributed by atoms with Crippen LogP contribution in [0.1, 0.15) is 19.8 Å². The van der Waals surface area contributed by atoms with Gasteiger partial charge in [0.25, 0.3) is 0 Å². The van der Waals surface area contributed by atoms with Crippen LogP contribution in [0, 0.1) is 0 Å². The molecule has 0 aromatic carbocycles. The molecule has 4 heteroatoms. The van der Waals surface area contributed by atoms with Gasteiger partial charge in [0.1, 0.15) is 6.04 Å². The molecule has 11 heavy (non-hydrogen) atoms. The van der Waals surface area contributed by atoms with Crippen molar-refractivity contribution in [1.29, 1.82) is 0 Å². The molecule has 0 aromatic rings.